The van der Waals surface area contributed by atoms with E-state index in [1.54, 1.807) is 70.2 Å². The smallest absolute Gasteiger partial charge is 0.329 e. The number of nitrogens with one attached hydrogen (secondary N) is 5. The predicted molar refractivity (Wildman–Crippen MR) is 238 cm³/mol. The van der Waals surface area contributed by atoms with Crippen LogP contribution in [0.2, 0.25) is 0 Å². The quantitative estimate of drug-likeness (QED) is 0.120. The first-order chi connectivity index (χ1) is 31.1. The Labute approximate surface area is 384 Å². The molecule has 9 N–H and O–H groups in total. The van der Waals surface area contributed by atoms with Crippen molar-refractivity contribution in [3.63, 3.8) is 0 Å². The lowest BCUT2D eigenvalue weighted by molar-refractivity contribution is -0.165. The first-order valence-corrected chi connectivity index (χ1v) is 22.1. The van der Waals surface area contributed by atoms with Gasteiger partial charge in [-0.3, -0.25) is 38.4 Å². The Morgan fingerprint density at radius 3 is 2.05 bits per heavy atom. The van der Waals surface area contributed by atoms with Crippen LogP contribution in [0.15, 0.2) is 54.6 Å². The lowest BCUT2D eigenvalue weighted by Gasteiger charge is -2.43. The van der Waals surface area contributed by atoms with Gasteiger partial charge in [-0.2, -0.15) is 0 Å². The van der Waals surface area contributed by atoms with Crippen molar-refractivity contribution in [3.05, 3.63) is 65.7 Å². The summed E-state index contributed by atoms with van der Waals surface area (Å²) in [6, 6.07) is 4.67. The Bertz CT molecular complexity index is 2080. The van der Waals surface area contributed by atoms with Crippen molar-refractivity contribution in [2.24, 2.45) is 17.6 Å². The minimum absolute atomic E-state index is 0.0244. The van der Waals surface area contributed by atoms with E-state index in [2.05, 4.69) is 26.6 Å². The van der Waals surface area contributed by atoms with E-state index >= 15 is 0 Å². The Hall–Kier alpha value is -6.57. The SMILES string of the molecule is CC(=O)N[C@@H](CCC(N)=O)C(=O)N[C@@H]1C(=O)N[C@@H](CC(C)C)C(=O)N[C@H]2CC[C@H](O)N(C2=O)[C@@H](Cc2ccccc2)C(=O)N(C)[C@@H](Cc2ccc(O)cc2)C(=O)N[C@@H](C(C)C)C(=O)O[C@@H]1C. The number of phenols is 1. The van der Waals surface area contributed by atoms with Crippen LogP contribution in [-0.2, 0) is 60.7 Å². The molecule has 20 nitrogen and oxygen atoms in total. The molecule has 2 saturated heterocycles. The van der Waals surface area contributed by atoms with Crippen molar-refractivity contribution in [2.75, 3.05) is 7.05 Å². The number of esters is 1. The molecule has 0 saturated carbocycles. The van der Waals surface area contributed by atoms with E-state index in [4.69, 9.17) is 10.5 Å². The summed E-state index contributed by atoms with van der Waals surface area (Å²) in [5, 5.41) is 34.5. The van der Waals surface area contributed by atoms with Gasteiger partial charge in [0.05, 0.1) is 0 Å². The molecule has 2 aliphatic heterocycles. The number of piperidine rings is 1. The number of likely N-dealkylation sites (N-methyl/N-ethyl adjacent to an activating group) is 1. The molecule has 9 atom stereocenters. The minimum Gasteiger partial charge on any atom is -0.508 e. The zero-order valence-corrected chi connectivity index (χ0v) is 38.4. The highest BCUT2D eigenvalue weighted by molar-refractivity contribution is 5.98. The summed E-state index contributed by atoms with van der Waals surface area (Å²) < 4.78 is 5.83. The van der Waals surface area contributed by atoms with E-state index in [9.17, 15) is 53.4 Å². The topological polar surface area (TPSA) is 296 Å². The van der Waals surface area contributed by atoms with E-state index in [1.165, 1.54) is 26.1 Å². The Kier molecular flexibility index (Phi) is 18.6. The number of phenolic OH excluding ortho intramolecular Hbond substituents is 1. The Morgan fingerprint density at radius 1 is 0.833 bits per heavy atom. The molecule has 0 radical (unpaired) electrons. The average Bonchev–Trinajstić information content (AvgIpc) is 3.25. The molecule has 4 rings (SSSR count). The number of hydrogen-bond acceptors (Lipinski definition) is 12. The molecular weight excluding hydrogens is 857 g/mol. The van der Waals surface area contributed by atoms with E-state index in [0.29, 0.717) is 11.1 Å². The van der Waals surface area contributed by atoms with Crippen molar-refractivity contribution >= 4 is 53.2 Å². The molecule has 2 aromatic carbocycles. The first kappa shape index (κ1) is 52.1. The third kappa shape index (κ3) is 14.2. The van der Waals surface area contributed by atoms with Gasteiger partial charge >= 0.3 is 5.97 Å². The van der Waals surface area contributed by atoms with Crippen LogP contribution in [0.25, 0.3) is 0 Å². The van der Waals surface area contributed by atoms with Gasteiger partial charge < -0.3 is 57.1 Å². The van der Waals surface area contributed by atoms with Gasteiger partial charge in [0.2, 0.25) is 47.3 Å². The van der Waals surface area contributed by atoms with Crippen molar-refractivity contribution in [3.8, 4) is 5.75 Å². The second-order valence-electron chi connectivity index (χ2n) is 17.7. The van der Waals surface area contributed by atoms with Crippen LogP contribution in [0, 0.1) is 11.8 Å². The minimum atomic E-state index is -1.74. The summed E-state index contributed by atoms with van der Waals surface area (Å²) in [5.74, 6) is -8.50. The van der Waals surface area contributed by atoms with Crippen LogP contribution in [0.5, 0.6) is 5.75 Å². The van der Waals surface area contributed by atoms with Crippen molar-refractivity contribution in [1.29, 1.82) is 0 Å². The van der Waals surface area contributed by atoms with Crippen LogP contribution in [-0.4, -0.2) is 135 Å². The third-order valence-corrected chi connectivity index (χ3v) is 11.6. The molecule has 0 spiro atoms. The van der Waals surface area contributed by atoms with E-state index in [1.807, 2.05) is 0 Å². The number of primary amides is 1. The van der Waals surface area contributed by atoms with Gasteiger partial charge in [0.15, 0.2) is 0 Å². The number of nitrogens with zero attached hydrogens (tertiary/aromatic N) is 2. The lowest BCUT2D eigenvalue weighted by Crippen LogP contribution is -2.65. The summed E-state index contributed by atoms with van der Waals surface area (Å²) in [4.78, 5) is 127. The van der Waals surface area contributed by atoms with Gasteiger partial charge in [-0.15, -0.1) is 0 Å². The average molecular weight is 921 g/mol. The maximum Gasteiger partial charge on any atom is 0.329 e. The molecule has 2 aliphatic rings. The number of cyclic esters (lactones) is 1. The molecular formula is C46H64N8O12. The molecule has 66 heavy (non-hydrogen) atoms. The molecule has 0 aromatic heterocycles. The van der Waals surface area contributed by atoms with Gasteiger partial charge in [-0.25, -0.2) is 4.79 Å². The van der Waals surface area contributed by atoms with Crippen LogP contribution in [0.3, 0.4) is 0 Å². The molecule has 0 aliphatic carbocycles. The van der Waals surface area contributed by atoms with E-state index in [0.717, 1.165) is 16.7 Å². The fourth-order valence-electron chi connectivity index (χ4n) is 7.95. The second-order valence-corrected chi connectivity index (χ2v) is 17.7. The van der Waals surface area contributed by atoms with Gasteiger partial charge in [0, 0.05) is 33.2 Å². The molecule has 2 bridgehead atoms. The first-order valence-electron chi connectivity index (χ1n) is 22.1. The maximum absolute atomic E-state index is 15.0. The van der Waals surface area contributed by atoms with Gasteiger partial charge in [-0.1, -0.05) is 70.2 Å². The number of benzene rings is 2. The number of aromatic hydroxyl groups is 1. The number of nitrogens with two attached hydrogens (primary N) is 1. The standard InChI is InChI=1S/C46H64N8O12/c1-24(2)21-33-41(60)49-32-18-20-37(58)54(44(32)63)35(23-28-11-9-8-10-12-28)45(64)53(7)34(22-29-13-15-30(56)16-14-29)42(61)51-38(25(3)4)46(65)66-26(5)39(43(62)50-33)52-40(59)31(48-27(6)55)17-19-36(47)57/h8-16,24-26,31-35,37-39,56,58H,17-23H2,1-7H3,(H2,47,57)(H,48,55)(H,49,60)(H,50,62)(H,51,61)(H,52,59)/t26-,31+,32+,33+,34+,35+,37+,38+,39+/m1/s1. The number of aliphatic hydroxyl groups excluding tert-OH is 1. The van der Waals surface area contributed by atoms with Gasteiger partial charge in [-0.05, 0) is 67.7 Å². The van der Waals surface area contributed by atoms with Crippen molar-refractivity contribution < 1.29 is 58.1 Å². The molecule has 8 amide bonds. The van der Waals surface area contributed by atoms with Crippen LogP contribution in [0.1, 0.15) is 84.8 Å². The predicted octanol–water partition coefficient (Wildman–Crippen LogP) is -0.329. The van der Waals surface area contributed by atoms with Crippen molar-refractivity contribution in [1.82, 2.24) is 36.4 Å². The molecule has 2 fully saturated rings. The normalized spacial score (nSPS) is 25.4. The number of hydrogen-bond donors (Lipinski definition) is 8. The summed E-state index contributed by atoms with van der Waals surface area (Å²) in [6.07, 6.45) is -3.91. The van der Waals surface area contributed by atoms with Gasteiger partial charge in [0.1, 0.15) is 60.4 Å². The molecule has 360 valence electrons. The van der Waals surface area contributed by atoms with Crippen LogP contribution < -0.4 is 32.3 Å². The highest BCUT2D eigenvalue weighted by Crippen LogP contribution is 2.26. The summed E-state index contributed by atoms with van der Waals surface area (Å²) in [6.45, 7) is 9.23. The molecule has 2 aromatic rings. The molecule has 0 unspecified atom stereocenters. The van der Waals surface area contributed by atoms with Crippen LogP contribution in [0.4, 0.5) is 0 Å². The fourth-order valence-corrected chi connectivity index (χ4v) is 7.95. The summed E-state index contributed by atoms with van der Waals surface area (Å²) in [5.41, 5.74) is 6.44. The Morgan fingerprint density at radius 2 is 1.45 bits per heavy atom. The maximum atomic E-state index is 15.0. The number of ether oxygens (including phenoxy) is 1. The monoisotopic (exact) mass is 920 g/mol. The second kappa shape index (κ2) is 23.6. The number of carbonyl (C=O) groups is 9. The van der Waals surface area contributed by atoms with Crippen LogP contribution >= 0.6 is 0 Å². The fraction of sp³-hybridized carbons (Fsp3) is 0.543. The number of aliphatic hydroxyl groups is 1. The third-order valence-electron chi connectivity index (χ3n) is 11.6. The largest absolute Gasteiger partial charge is 0.508 e. The lowest BCUT2D eigenvalue weighted by atomic mass is 9.95. The number of fused-ring (bicyclic) bond motifs is 2. The molecule has 2 heterocycles. The van der Waals surface area contributed by atoms with E-state index < -0.39 is 114 Å². The zero-order valence-electron chi connectivity index (χ0n) is 38.4. The highest BCUT2D eigenvalue weighted by Gasteiger charge is 2.46. The summed E-state index contributed by atoms with van der Waals surface area (Å²) >= 11 is 0. The van der Waals surface area contributed by atoms with E-state index in [-0.39, 0.29) is 56.6 Å². The Balaban J connectivity index is 1.88. The summed E-state index contributed by atoms with van der Waals surface area (Å²) in [7, 11) is 1.36. The number of carbonyl (C=O) groups excluding carboxylic acids is 9. The van der Waals surface area contributed by atoms with Crippen molar-refractivity contribution in [2.45, 2.75) is 141 Å². The number of rotatable bonds is 13. The zero-order chi connectivity index (χ0) is 49.0. The molecule has 20 heteroatoms. The highest BCUT2D eigenvalue weighted by atomic mass is 16.5. The number of amides is 8. The van der Waals surface area contributed by atoms with Gasteiger partial charge in [0.25, 0.3) is 0 Å².